The van der Waals surface area contributed by atoms with Crippen LogP contribution in [0.15, 0.2) is 103 Å². The number of para-hydroxylation sites is 1. The van der Waals surface area contributed by atoms with Gasteiger partial charge in [-0.15, -0.1) is 0 Å². The van der Waals surface area contributed by atoms with Gasteiger partial charge in [0, 0.05) is 42.9 Å². The summed E-state index contributed by atoms with van der Waals surface area (Å²) in [6.45, 7) is 6.60. The number of allylic oxidation sites excluding steroid dienone is 5. The van der Waals surface area contributed by atoms with Crippen molar-refractivity contribution in [1.82, 2.24) is 0 Å². The Labute approximate surface area is 231 Å². The van der Waals surface area contributed by atoms with E-state index in [1.807, 2.05) is 60.7 Å². The van der Waals surface area contributed by atoms with Crippen LogP contribution >= 0.6 is 0 Å². The van der Waals surface area contributed by atoms with Gasteiger partial charge < -0.3 is 0 Å². The lowest BCUT2D eigenvalue weighted by Gasteiger charge is -2.17. The molecular formula is C32H35N2O4S+. The molecule has 0 unspecified atom stereocenters. The standard InChI is InChI=1S/C32H34N2O4S/c1-25(35)33(27-16-7-6-8-17-27)22-12-5-4-9-19-30-32(2,3)31-28-18-11-10-15-26(28)20-21-29(31)34(30)23-13-14-24-39(36,37)38/h4-12,15-22H,13-14,23-24H2,1-3H3/p+1. The molecule has 7 heteroatoms. The number of carbonyl (C=O) groups is 1. The van der Waals surface area contributed by atoms with Gasteiger partial charge in [-0.25, -0.2) is 0 Å². The Balaban J connectivity index is 1.60. The lowest BCUT2D eigenvalue weighted by molar-refractivity contribution is -0.438. The molecule has 0 atom stereocenters. The van der Waals surface area contributed by atoms with E-state index >= 15 is 0 Å². The van der Waals surface area contributed by atoms with Crippen LogP contribution in [0.25, 0.3) is 10.8 Å². The van der Waals surface area contributed by atoms with Crippen LogP contribution in [0.3, 0.4) is 0 Å². The molecule has 39 heavy (non-hydrogen) atoms. The minimum Gasteiger partial charge on any atom is -0.288 e. The summed E-state index contributed by atoms with van der Waals surface area (Å²) in [5.74, 6) is -0.311. The van der Waals surface area contributed by atoms with Gasteiger partial charge in [-0.3, -0.25) is 14.2 Å². The van der Waals surface area contributed by atoms with E-state index in [1.165, 1.54) is 23.3 Å². The zero-order valence-electron chi connectivity index (χ0n) is 22.6. The van der Waals surface area contributed by atoms with E-state index in [1.54, 1.807) is 11.1 Å². The molecule has 0 bridgehead atoms. The molecule has 202 valence electrons. The van der Waals surface area contributed by atoms with Gasteiger partial charge in [0.1, 0.15) is 6.54 Å². The summed E-state index contributed by atoms with van der Waals surface area (Å²) in [6, 6.07) is 22.1. The summed E-state index contributed by atoms with van der Waals surface area (Å²) < 4.78 is 33.8. The molecule has 6 nitrogen and oxygen atoms in total. The molecule has 0 aromatic heterocycles. The molecule has 0 spiro atoms. The highest BCUT2D eigenvalue weighted by atomic mass is 32.2. The Morgan fingerprint density at radius 2 is 1.62 bits per heavy atom. The molecule has 1 heterocycles. The lowest BCUT2D eigenvalue weighted by atomic mass is 9.79. The van der Waals surface area contributed by atoms with Crippen molar-refractivity contribution in [2.45, 2.75) is 39.0 Å². The van der Waals surface area contributed by atoms with Crippen molar-refractivity contribution in [1.29, 1.82) is 0 Å². The van der Waals surface area contributed by atoms with Crippen molar-refractivity contribution in [3.8, 4) is 0 Å². The van der Waals surface area contributed by atoms with E-state index in [0.29, 0.717) is 19.4 Å². The first-order chi connectivity index (χ1) is 18.6. The van der Waals surface area contributed by atoms with Crippen LogP contribution in [0, 0.1) is 0 Å². The highest BCUT2D eigenvalue weighted by Crippen LogP contribution is 2.44. The largest absolute Gasteiger partial charge is 0.288 e. The third-order valence-electron chi connectivity index (χ3n) is 6.98. The molecule has 3 aromatic carbocycles. The number of hydrogen-bond acceptors (Lipinski definition) is 3. The molecular weight excluding hydrogens is 508 g/mol. The number of rotatable bonds is 10. The van der Waals surface area contributed by atoms with Crippen molar-refractivity contribution in [2.24, 2.45) is 0 Å². The van der Waals surface area contributed by atoms with Crippen LogP contribution < -0.4 is 4.90 Å². The van der Waals surface area contributed by atoms with E-state index < -0.39 is 10.1 Å². The first kappa shape index (κ1) is 28.2. The number of unbranched alkanes of at least 4 members (excludes halogenated alkanes) is 1. The van der Waals surface area contributed by atoms with Crippen LogP contribution in [0.4, 0.5) is 11.4 Å². The lowest BCUT2D eigenvalue weighted by Crippen LogP contribution is -2.28. The minimum atomic E-state index is -3.98. The second-order valence-electron chi connectivity index (χ2n) is 10.1. The third kappa shape index (κ3) is 6.61. The topological polar surface area (TPSA) is 77.7 Å². The van der Waals surface area contributed by atoms with Crippen LogP contribution in [0.2, 0.25) is 0 Å². The average Bonchev–Trinajstić information content (AvgIpc) is 3.11. The van der Waals surface area contributed by atoms with Gasteiger partial charge in [-0.05, 0) is 55.3 Å². The Kier molecular flexibility index (Phi) is 8.63. The molecule has 1 N–H and O–H groups in total. The molecule has 0 saturated carbocycles. The molecule has 1 aliphatic heterocycles. The Hall–Kier alpha value is -3.81. The van der Waals surface area contributed by atoms with E-state index in [0.717, 1.165) is 17.1 Å². The minimum absolute atomic E-state index is 0.0701. The molecule has 4 rings (SSSR count). The summed E-state index contributed by atoms with van der Waals surface area (Å²) in [6.07, 6.45) is 12.5. The van der Waals surface area contributed by atoms with Gasteiger partial charge in [-0.1, -0.05) is 60.7 Å². The van der Waals surface area contributed by atoms with E-state index in [9.17, 15) is 13.2 Å². The van der Waals surface area contributed by atoms with Gasteiger partial charge in [0.2, 0.25) is 11.6 Å². The van der Waals surface area contributed by atoms with Crippen LogP contribution in [0.5, 0.6) is 0 Å². The number of nitrogens with zero attached hydrogens (tertiary/aromatic N) is 2. The number of amides is 1. The molecule has 0 radical (unpaired) electrons. The maximum absolute atomic E-state index is 12.1. The van der Waals surface area contributed by atoms with Crippen molar-refractivity contribution in [3.05, 3.63) is 109 Å². The second-order valence-corrected chi connectivity index (χ2v) is 11.7. The average molecular weight is 544 g/mol. The van der Waals surface area contributed by atoms with Crippen molar-refractivity contribution in [3.63, 3.8) is 0 Å². The highest BCUT2D eigenvalue weighted by Gasteiger charge is 2.45. The third-order valence-corrected chi connectivity index (χ3v) is 7.79. The SMILES string of the molecule is CC(=O)N(C=CC=CC=CC1=[N+](CCCCS(=O)(=O)O)c2ccc3ccccc3c2C1(C)C)c1ccccc1. The smallest absolute Gasteiger partial charge is 0.264 e. The summed E-state index contributed by atoms with van der Waals surface area (Å²) in [5.41, 5.74) is 4.01. The van der Waals surface area contributed by atoms with Gasteiger partial charge in [0.25, 0.3) is 10.1 Å². The maximum Gasteiger partial charge on any atom is 0.264 e. The fourth-order valence-corrected chi connectivity index (χ4v) is 5.77. The predicted molar refractivity (Wildman–Crippen MR) is 159 cm³/mol. The molecule has 0 saturated heterocycles. The van der Waals surface area contributed by atoms with Crippen LogP contribution in [-0.4, -0.2) is 41.5 Å². The Morgan fingerprint density at radius 3 is 2.33 bits per heavy atom. The normalized spacial score (nSPS) is 15.2. The number of benzene rings is 3. The van der Waals surface area contributed by atoms with Crippen LogP contribution in [-0.2, 0) is 20.3 Å². The van der Waals surface area contributed by atoms with Gasteiger partial charge in [-0.2, -0.15) is 13.0 Å². The van der Waals surface area contributed by atoms with E-state index in [4.69, 9.17) is 4.55 Å². The fourth-order valence-electron chi connectivity index (χ4n) is 5.20. The summed E-state index contributed by atoms with van der Waals surface area (Å²) in [7, 11) is -3.98. The molecule has 1 amide bonds. The fraction of sp³-hybridized carbons (Fsp3) is 0.250. The predicted octanol–water partition coefficient (Wildman–Crippen LogP) is 6.56. The maximum atomic E-state index is 12.1. The van der Waals surface area contributed by atoms with E-state index in [2.05, 4.69) is 54.8 Å². The Morgan fingerprint density at radius 1 is 0.923 bits per heavy atom. The van der Waals surface area contributed by atoms with Gasteiger partial charge in [0.15, 0.2) is 5.71 Å². The summed E-state index contributed by atoms with van der Waals surface area (Å²) in [5, 5.41) is 2.38. The first-order valence-electron chi connectivity index (χ1n) is 13.1. The zero-order valence-corrected chi connectivity index (χ0v) is 23.4. The first-order valence-corrected chi connectivity index (χ1v) is 14.7. The van der Waals surface area contributed by atoms with Crippen molar-refractivity contribution < 1.29 is 22.3 Å². The van der Waals surface area contributed by atoms with Crippen molar-refractivity contribution in [2.75, 3.05) is 17.2 Å². The Bertz CT molecular complexity index is 1580. The quantitative estimate of drug-likeness (QED) is 0.136. The zero-order chi connectivity index (χ0) is 28.0. The van der Waals surface area contributed by atoms with Gasteiger partial charge in [0.05, 0.1) is 11.2 Å². The highest BCUT2D eigenvalue weighted by molar-refractivity contribution is 7.85. The van der Waals surface area contributed by atoms with Crippen LogP contribution in [0.1, 0.15) is 39.2 Å². The number of fused-ring (bicyclic) bond motifs is 3. The molecule has 0 aliphatic carbocycles. The van der Waals surface area contributed by atoms with Crippen molar-refractivity contribution >= 4 is 43.9 Å². The summed E-state index contributed by atoms with van der Waals surface area (Å²) in [4.78, 5) is 13.7. The van der Waals surface area contributed by atoms with E-state index in [-0.39, 0.29) is 17.1 Å². The second kappa shape index (κ2) is 11.9. The van der Waals surface area contributed by atoms with Gasteiger partial charge >= 0.3 is 0 Å². The molecule has 0 fully saturated rings. The number of hydrogen-bond donors (Lipinski definition) is 1. The number of anilines is 1. The number of carbonyl (C=O) groups excluding carboxylic acids is 1. The molecule has 3 aromatic rings. The molecule has 1 aliphatic rings. The monoisotopic (exact) mass is 543 g/mol. The summed E-state index contributed by atoms with van der Waals surface area (Å²) >= 11 is 0.